The predicted molar refractivity (Wildman–Crippen MR) is 109 cm³/mol. The molecule has 0 aliphatic carbocycles. The van der Waals surface area contributed by atoms with Gasteiger partial charge in [0.25, 0.3) is 0 Å². The van der Waals surface area contributed by atoms with Crippen molar-refractivity contribution in [1.82, 2.24) is 9.55 Å². The molecule has 0 atom stereocenters. The van der Waals surface area contributed by atoms with Gasteiger partial charge >= 0.3 is 5.97 Å². The van der Waals surface area contributed by atoms with Gasteiger partial charge in [-0.1, -0.05) is 59.6 Å². The first-order chi connectivity index (χ1) is 13.0. The standard InChI is InChI=1S/C21H18Cl2N2O2/c1-14-24-21(15-6-4-3-5-7-15)19(10-11-20(26)27-2)25(14)13-16-8-9-17(22)12-18(16)23/h3-12H,13H2,1-2H3/b11-10+. The lowest BCUT2D eigenvalue weighted by Gasteiger charge is -2.11. The molecular weight excluding hydrogens is 383 g/mol. The molecule has 0 radical (unpaired) electrons. The van der Waals surface area contributed by atoms with Gasteiger partial charge in [-0.25, -0.2) is 9.78 Å². The van der Waals surface area contributed by atoms with E-state index < -0.39 is 5.97 Å². The molecule has 0 saturated heterocycles. The van der Waals surface area contributed by atoms with Crippen molar-refractivity contribution in [3.05, 3.63) is 81.7 Å². The summed E-state index contributed by atoms with van der Waals surface area (Å²) in [5, 5.41) is 1.17. The van der Waals surface area contributed by atoms with Gasteiger partial charge in [0.2, 0.25) is 0 Å². The van der Waals surface area contributed by atoms with Crippen LogP contribution in [0.5, 0.6) is 0 Å². The maximum Gasteiger partial charge on any atom is 0.330 e. The minimum Gasteiger partial charge on any atom is -0.466 e. The first-order valence-electron chi connectivity index (χ1n) is 8.32. The Kier molecular flexibility index (Phi) is 5.99. The topological polar surface area (TPSA) is 44.1 Å². The number of esters is 1. The highest BCUT2D eigenvalue weighted by Crippen LogP contribution is 2.28. The number of carbonyl (C=O) groups excluding carboxylic acids is 1. The Morgan fingerprint density at radius 1 is 1.19 bits per heavy atom. The third kappa shape index (κ3) is 4.41. The number of rotatable bonds is 5. The van der Waals surface area contributed by atoms with Crippen LogP contribution in [0.1, 0.15) is 17.1 Å². The van der Waals surface area contributed by atoms with Gasteiger partial charge in [0.1, 0.15) is 5.82 Å². The zero-order valence-corrected chi connectivity index (χ0v) is 16.5. The first kappa shape index (κ1) is 19.2. The van der Waals surface area contributed by atoms with Gasteiger partial charge in [0.05, 0.1) is 25.0 Å². The van der Waals surface area contributed by atoms with E-state index in [1.165, 1.54) is 13.2 Å². The van der Waals surface area contributed by atoms with Gasteiger partial charge < -0.3 is 9.30 Å². The average Bonchev–Trinajstić information content (AvgIpc) is 2.98. The Labute approximate surface area is 168 Å². The summed E-state index contributed by atoms with van der Waals surface area (Å²) in [5.41, 5.74) is 3.47. The number of aromatic nitrogens is 2. The molecule has 0 aliphatic heterocycles. The van der Waals surface area contributed by atoms with E-state index in [4.69, 9.17) is 32.9 Å². The number of ether oxygens (including phenoxy) is 1. The van der Waals surface area contributed by atoms with Crippen molar-refractivity contribution in [1.29, 1.82) is 0 Å². The van der Waals surface area contributed by atoms with Gasteiger partial charge in [0, 0.05) is 21.7 Å². The summed E-state index contributed by atoms with van der Waals surface area (Å²) in [5.74, 6) is 0.383. The van der Waals surface area contributed by atoms with Crippen LogP contribution in [-0.4, -0.2) is 22.6 Å². The summed E-state index contributed by atoms with van der Waals surface area (Å²) in [4.78, 5) is 16.3. The number of imidazole rings is 1. The zero-order valence-electron chi connectivity index (χ0n) is 14.9. The van der Waals surface area contributed by atoms with Gasteiger partial charge in [-0.15, -0.1) is 0 Å². The largest absolute Gasteiger partial charge is 0.466 e. The summed E-state index contributed by atoms with van der Waals surface area (Å²) in [6, 6.07) is 15.2. The van der Waals surface area contributed by atoms with E-state index in [0.717, 1.165) is 28.3 Å². The maximum atomic E-state index is 11.6. The second-order valence-electron chi connectivity index (χ2n) is 5.94. The second-order valence-corrected chi connectivity index (χ2v) is 6.78. The van der Waals surface area contributed by atoms with E-state index in [9.17, 15) is 4.79 Å². The Morgan fingerprint density at radius 3 is 2.59 bits per heavy atom. The molecule has 0 bridgehead atoms. The number of carbonyl (C=O) groups is 1. The fraction of sp³-hybridized carbons (Fsp3) is 0.143. The monoisotopic (exact) mass is 400 g/mol. The lowest BCUT2D eigenvalue weighted by molar-refractivity contribution is -0.134. The van der Waals surface area contributed by atoms with Crippen molar-refractivity contribution in [2.24, 2.45) is 0 Å². The van der Waals surface area contributed by atoms with Gasteiger partial charge in [-0.2, -0.15) is 0 Å². The van der Waals surface area contributed by atoms with Crippen molar-refractivity contribution in [3.63, 3.8) is 0 Å². The predicted octanol–water partition coefficient (Wildman–Crippen LogP) is 5.40. The zero-order chi connectivity index (χ0) is 19.4. The Balaban J connectivity index is 2.10. The number of hydrogen-bond donors (Lipinski definition) is 0. The first-order valence-corrected chi connectivity index (χ1v) is 9.07. The SMILES string of the molecule is COC(=O)/C=C/c1c(-c2ccccc2)nc(C)n1Cc1ccc(Cl)cc1Cl. The fourth-order valence-corrected chi connectivity index (χ4v) is 3.26. The molecule has 0 N–H and O–H groups in total. The van der Waals surface area contributed by atoms with Crippen LogP contribution in [-0.2, 0) is 16.1 Å². The lowest BCUT2D eigenvalue weighted by atomic mass is 10.1. The van der Waals surface area contributed by atoms with Crippen LogP contribution in [0.4, 0.5) is 0 Å². The van der Waals surface area contributed by atoms with E-state index >= 15 is 0 Å². The fourth-order valence-electron chi connectivity index (χ4n) is 2.79. The molecule has 4 nitrogen and oxygen atoms in total. The summed E-state index contributed by atoms with van der Waals surface area (Å²) >= 11 is 12.3. The molecule has 138 valence electrons. The van der Waals surface area contributed by atoms with Crippen LogP contribution in [0, 0.1) is 6.92 Å². The molecule has 6 heteroatoms. The highest BCUT2D eigenvalue weighted by Gasteiger charge is 2.16. The van der Waals surface area contributed by atoms with Crippen LogP contribution >= 0.6 is 23.2 Å². The molecular formula is C21H18Cl2N2O2. The van der Waals surface area contributed by atoms with Crippen LogP contribution in [0.25, 0.3) is 17.3 Å². The van der Waals surface area contributed by atoms with E-state index in [0.29, 0.717) is 16.6 Å². The van der Waals surface area contributed by atoms with E-state index in [1.807, 2.05) is 47.9 Å². The quantitative estimate of drug-likeness (QED) is 0.425. The smallest absolute Gasteiger partial charge is 0.330 e. The lowest BCUT2D eigenvalue weighted by Crippen LogP contribution is -2.05. The number of halogens is 2. The summed E-state index contributed by atoms with van der Waals surface area (Å²) in [6.45, 7) is 2.42. The Hall–Kier alpha value is -2.56. The van der Waals surface area contributed by atoms with E-state index in [2.05, 4.69) is 0 Å². The molecule has 0 amide bonds. The number of methoxy groups -OCH3 is 1. The molecule has 27 heavy (non-hydrogen) atoms. The van der Waals surface area contributed by atoms with Crippen molar-refractivity contribution in [2.45, 2.75) is 13.5 Å². The molecule has 3 rings (SSSR count). The van der Waals surface area contributed by atoms with Crippen molar-refractivity contribution in [3.8, 4) is 11.3 Å². The number of hydrogen-bond acceptors (Lipinski definition) is 3. The molecule has 1 aromatic heterocycles. The third-order valence-corrected chi connectivity index (χ3v) is 4.75. The summed E-state index contributed by atoms with van der Waals surface area (Å²) < 4.78 is 6.73. The molecule has 0 spiro atoms. The minimum atomic E-state index is -0.427. The van der Waals surface area contributed by atoms with Gasteiger partial charge in [-0.3, -0.25) is 0 Å². The molecule has 0 fully saturated rings. The van der Waals surface area contributed by atoms with Crippen LogP contribution in [0.15, 0.2) is 54.6 Å². The molecule has 3 aromatic rings. The van der Waals surface area contributed by atoms with Crippen LogP contribution in [0.3, 0.4) is 0 Å². The molecule has 0 saturated carbocycles. The summed E-state index contributed by atoms with van der Waals surface area (Å²) in [7, 11) is 1.35. The van der Waals surface area contributed by atoms with Crippen LogP contribution in [0.2, 0.25) is 10.0 Å². The van der Waals surface area contributed by atoms with Crippen molar-refractivity contribution in [2.75, 3.05) is 7.11 Å². The highest BCUT2D eigenvalue weighted by molar-refractivity contribution is 6.35. The molecule has 1 heterocycles. The minimum absolute atomic E-state index is 0.427. The van der Waals surface area contributed by atoms with E-state index in [1.54, 1.807) is 18.2 Å². The van der Waals surface area contributed by atoms with Crippen molar-refractivity contribution >= 4 is 35.2 Å². The molecule has 0 aliphatic rings. The number of benzene rings is 2. The Morgan fingerprint density at radius 2 is 1.93 bits per heavy atom. The third-order valence-electron chi connectivity index (χ3n) is 4.17. The maximum absolute atomic E-state index is 11.6. The summed E-state index contributed by atoms with van der Waals surface area (Å²) in [6.07, 6.45) is 3.11. The van der Waals surface area contributed by atoms with Gasteiger partial charge in [0.15, 0.2) is 0 Å². The van der Waals surface area contributed by atoms with Gasteiger partial charge in [-0.05, 0) is 30.7 Å². The molecule has 2 aromatic carbocycles. The average molecular weight is 401 g/mol. The normalized spacial score (nSPS) is 11.1. The second kappa shape index (κ2) is 8.42. The molecule has 0 unspecified atom stereocenters. The van der Waals surface area contributed by atoms with E-state index in [-0.39, 0.29) is 0 Å². The van der Waals surface area contributed by atoms with Crippen LogP contribution < -0.4 is 0 Å². The number of aryl methyl sites for hydroxylation is 1. The van der Waals surface area contributed by atoms with Crippen molar-refractivity contribution < 1.29 is 9.53 Å². The number of nitrogens with zero attached hydrogens (tertiary/aromatic N) is 2. The highest BCUT2D eigenvalue weighted by atomic mass is 35.5. The Bertz CT molecular complexity index is 995.